The fourth-order valence-electron chi connectivity index (χ4n) is 4.00. The lowest BCUT2D eigenvalue weighted by atomic mass is 10.0. The molecule has 1 fully saturated rings. The monoisotopic (exact) mass is 416 g/mol. The topological polar surface area (TPSA) is 67.2 Å². The Balaban J connectivity index is 1.28. The standard InChI is InChI=1S/C25H28N4O2/c1-19-18-23(27-29(19)22-10-6-3-7-11-22)25(31)28-16-14-21(15-17-28)26-24(30)13-12-20-8-4-2-5-9-20/h2-11,18,21H,12-17H2,1H3,(H,26,30). The summed E-state index contributed by atoms with van der Waals surface area (Å²) >= 11 is 0. The van der Waals surface area contributed by atoms with Gasteiger partial charge in [-0.05, 0) is 49.9 Å². The number of carbonyl (C=O) groups is 2. The van der Waals surface area contributed by atoms with Gasteiger partial charge in [0, 0.05) is 31.2 Å². The van der Waals surface area contributed by atoms with Crippen molar-refractivity contribution in [3.05, 3.63) is 83.7 Å². The Morgan fingerprint density at radius 1 is 1.00 bits per heavy atom. The van der Waals surface area contributed by atoms with E-state index in [4.69, 9.17) is 0 Å². The number of carbonyl (C=O) groups excluding carboxylic acids is 2. The molecule has 2 heterocycles. The molecule has 1 saturated heterocycles. The number of amides is 2. The van der Waals surface area contributed by atoms with E-state index in [9.17, 15) is 9.59 Å². The Morgan fingerprint density at radius 2 is 1.65 bits per heavy atom. The lowest BCUT2D eigenvalue weighted by Crippen LogP contribution is -2.46. The molecular weight excluding hydrogens is 388 g/mol. The maximum absolute atomic E-state index is 12.9. The van der Waals surface area contributed by atoms with Gasteiger partial charge in [-0.1, -0.05) is 48.5 Å². The van der Waals surface area contributed by atoms with Crippen molar-refractivity contribution in [3.63, 3.8) is 0 Å². The van der Waals surface area contributed by atoms with Gasteiger partial charge in [0.1, 0.15) is 0 Å². The molecule has 160 valence electrons. The van der Waals surface area contributed by atoms with Crippen LogP contribution in [0.2, 0.25) is 0 Å². The molecule has 0 bridgehead atoms. The molecule has 1 aromatic heterocycles. The molecule has 3 aromatic rings. The summed E-state index contributed by atoms with van der Waals surface area (Å²) in [6, 6.07) is 21.8. The summed E-state index contributed by atoms with van der Waals surface area (Å²) in [5.74, 6) is 0.0255. The SMILES string of the molecule is Cc1cc(C(=O)N2CCC(NC(=O)CCc3ccccc3)CC2)nn1-c1ccccc1. The Kier molecular flexibility index (Phi) is 6.46. The number of aryl methyl sites for hydroxylation is 2. The van der Waals surface area contributed by atoms with Gasteiger partial charge in [0.25, 0.3) is 5.91 Å². The summed E-state index contributed by atoms with van der Waals surface area (Å²) in [4.78, 5) is 27.1. The first-order valence-electron chi connectivity index (χ1n) is 10.8. The number of nitrogens with one attached hydrogen (secondary N) is 1. The van der Waals surface area contributed by atoms with Gasteiger partial charge < -0.3 is 10.2 Å². The molecule has 0 saturated carbocycles. The van der Waals surface area contributed by atoms with Gasteiger partial charge in [-0.2, -0.15) is 5.10 Å². The van der Waals surface area contributed by atoms with Crippen LogP contribution >= 0.6 is 0 Å². The molecule has 31 heavy (non-hydrogen) atoms. The van der Waals surface area contributed by atoms with Crippen LogP contribution in [-0.2, 0) is 11.2 Å². The largest absolute Gasteiger partial charge is 0.353 e. The highest BCUT2D eigenvalue weighted by atomic mass is 16.2. The van der Waals surface area contributed by atoms with E-state index in [-0.39, 0.29) is 17.9 Å². The Morgan fingerprint density at radius 3 is 2.32 bits per heavy atom. The van der Waals surface area contributed by atoms with E-state index in [1.54, 1.807) is 4.68 Å². The number of likely N-dealkylation sites (tertiary alicyclic amines) is 1. The number of piperidine rings is 1. The zero-order valence-electron chi connectivity index (χ0n) is 17.8. The molecule has 4 rings (SSSR count). The average molecular weight is 417 g/mol. The van der Waals surface area contributed by atoms with Gasteiger partial charge >= 0.3 is 0 Å². The third-order valence-corrected chi connectivity index (χ3v) is 5.74. The molecule has 0 aliphatic carbocycles. The van der Waals surface area contributed by atoms with Crippen molar-refractivity contribution in [1.29, 1.82) is 0 Å². The van der Waals surface area contributed by atoms with E-state index in [1.165, 1.54) is 5.56 Å². The van der Waals surface area contributed by atoms with E-state index in [0.29, 0.717) is 25.2 Å². The summed E-state index contributed by atoms with van der Waals surface area (Å²) in [7, 11) is 0. The number of benzene rings is 2. The van der Waals surface area contributed by atoms with Crippen molar-refractivity contribution in [2.24, 2.45) is 0 Å². The minimum Gasteiger partial charge on any atom is -0.353 e. The first kappa shape index (κ1) is 20.8. The first-order chi connectivity index (χ1) is 15.1. The van der Waals surface area contributed by atoms with Gasteiger partial charge in [0.2, 0.25) is 5.91 Å². The second-order valence-electron chi connectivity index (χ2n) is 8.04. The van der Waals surface area contributed by atoms with Crippen LogP contribution in [0.3, 0.4) is 0 Å². The molecule has 1 N–H and O–H groups in total. The summed E-state index contributed by atoms with van der Waals surface area (Å²) in [6.45, 7) is 3.20. The molecule has 0 atom stereocenters. The zero-order chi connectivity index (χ0) is 21.6. The summed E-state index contributed by atoms with van der Waals surface area (Å²) in [5, 5.41) is 7.66. The van der Waals surface area contributed by atoms with Gasteiger partial charge in [0.05, 0.1) is 5.69 Å². The molecule has 1 aliphatic heterocycles. The first-order valence-corrected chi connectivity index (χ1v) is 10.8. The minimum atomic E-state index is -0.0494. The van der Waals surface area contributed by atoms with Crippen molar-refractivity contribution in [2.45, 2.75) is 38.6 Å². The molecular formula is C25H28N4O2. The molecule has 1 aliphatic rings. The van der Waals surface area contributed by atoms with Crippen LogP contribution in [0.25, 0.3) is 5.69 Å². The van der Waals surface area contributed by atoms with Crippen molar-refractivity contribution < 1.29 is 9.59 Å². The fourth-order valence-corrected chi connectivity index (χ4v) is 4.00. The predicted molar refractivity (Wildman–Crippen MR) is 120 cm³/mol. The highest BCUT2D eigenvalue weighted by Gasteiger charge is 2.26. The minimum absolute atomic E-state index is 0.0494. The molecule has 0 unspecified atom stereocenters. The summed E-state index contributed by atoms with van der Waals surface area (Å²) in [5.41, 5.74) is 3.50. The molecule has 0 radical (unpaired) electrons. The van der Waals surface area contributed by atoms with Crippen LogP contribution in [0.15, 0.2) is 66.7 Å². The summed E-state index contributed by atoms with van der Waals surface area (Å²) < 4.78 is 1.80. The average Bonchev–Trinajstić information content (AvgIpc) is 3.20. The second-order valence-corrected chi connectivity index (χ2v) is 8.04. The number of hydrogen-bond donors (Lipinski definition) is 1. The Hall–Kier alpha value is -3.41. The van der Waals surface area contributed by atoms with Crippen molar-refractivity contribution in [1.82, 2.24) is 20.0 Å². The molecule has 0 spiro atoms. The maximum Gasteiger partial charge on any atom is 0.274 e. The lowest BCUT2D eigenvalue weighted by molar-refractivity contribution is -0.122. The number of nitrogens with zero attached hydrogens (tertiary/aromatic N) is 3. The van der Waals surface area contributed by atoms with Crippen LogP contribution in [0, 0.1) is 6.92 Å². The zero-order valence-corrected chi connectivity index (χ0v) is 17.8. The highest BCUT2D eigenvalue weighted by molar-refractivity contribution is 5.92. The predicted octanol–water partition coefficient (Wildman–Crippen LogP) is 3.53. The van der Waals surface area contributed by atoms with E-state index >= 15 is 0 Å². The van der Waals surface area contributed by atoms with E-state index < -0.39 is 0 Å². The van der Waals surface area contributed by atoms with Gasteiger partial charge in [-0.25, -0.2) is 4.68 Å². The van der Waals surface area contributed by atoms with Gasteiger partial charge in [-0.3, -0.25) is 9.59 Å². The van der Waals surface area contributed by atoms with Gasteiger partial charge in [0.15, 0.2) is 5.69 Å². The van der Waals surface area contributed by atoms with Crippen LogP contribution in [0.1, 0.15) is 41.0 Å². The third kappa shape index (κ3) is 5.20. The van der Waals surface area contributed by atoms with Crippen LogP contribution in [0.5, 0.6) is 0 Å². The van der Waals surface area contributed by atoms with Crippen molar-refractivity contribution in [2.75, 3.05) is 13.1 Å². The highest BCUT2D eigenvalue weighted by Crippen LogP contribution is 2.17. The van der Waals surface area contributed by atoms with Gasteiger partial charge in [-0.15, -0.1) is 0 Å². The number of para-hydroxylation sites is 1. The molecule has 6 heteroatoms. The number of hydrogen-bond acceptors (Lipinski definition) is 3. The van der Waals surface area contributed by atoms with Crippen molar-refractivity contribution in [3.8, 4) is 5.69 Å². The van der Waals surface area contributed by atoms with E-state index in [0.717, 1.165) is 30.6 Å². The fraction of sp³-hybridized carbons (Fsp3) is 0.320. The van der Waals surface area contributed by atoms with Crippen LogP contribution in [0.4, 0.5) is 0 Å². The Bertz CT molecular complexity index is 1020. The number of aromatic nitrogens is 2. The number of rotatable bonds is 6. The third-order valence-electron chi connectivity index (χ3n) is 5.74. The Labute approximate surface area is 182 Å². The second kappa shape index (κ2) is 9.60. The normalized spacial score (nSPS) is 14.4. The molecule has 2 amide bonds. The van der Waals surface area contributed by atoms with Crippen molar-refractivity contribution >= 4 is 11.8 Å². The lowest BCUT2D eigenvalue weighted by Gasteiger charge is -2.32. The van der Waals surface area contributed by atoms with E-state index in [1.807, 2.05) is 78.6 Å². The van der Waals surface area contributed by atoms with Crippen LogP contribution in [-0.4, -0.2) is 45.6 Å². The van der Waals surface area contributed by atoms with Crippen LogP contribution < -0.4 is 5.32 Å². The summed E-state index contributed by atoms with van der Waals surface area (Å²) in [6.07, 6.45) is 2.76. The quantitative estimate of drug-likeness (QED) is 0.668. The molecule has 6 nitrogen and oxygen atoms in total. The maximum atomic E-state index is 12.9. The molecule has 2 aromatic carbocycles. The smallest absolute Gasteiger partial charge is 0.274 e. The van der Waals surface area contributed by atoms with E-state index in [2.05, 4.69) is 10.4 Å².